The molecule has 4 N–H and O–H groups in total. The Morgan fingerprint density at radius 2 is 1.95 bits per heavy atom. The third-order valence-corrected chi connectivity index (χ3v) is 10.7. The first-order valence-corrected chi connectivity index (χ1v) is 17.8. The number of imidazole rings is 1. The summed E-state index contributed by atoms with van der Waals surface area (Å²) in [5.74, 6) is 0.0383. The topological polar surface area (TPSA) is 217 Å². The average Bonchev–Trinajstić information content (AvgIpc) is 3.16. The number of aromatic amines is 1. The summed E-state index contributed by atoms with van der Waals surface area (Å²) < 4.78 is 81.1. The van der Waals surface area contributed by atoms with Gasteiger partial charge >= 0.3 is 19.2 Å². The van der Waals surface area contributed by atoms with Crippen LogP contribution in [0.25, 0.3) is 11.2 Å². The van der Waals surface area contributed by atoms with Crippen LogP contribution >= 0.6 is 25.8 Å². The Hall–Kier alpha value is -2.16. The number of hydrogen-bond acceptors (Lipinski definition) is 14. The lowest BCUT2D eigenvalue weighted by atomic mass is 10.1. The molecule has 4 unspecified atom stereocenters. The van der Waals surface area contributed by atoms with E-state index in [2.05, 4.69) is 27.2 Å². The number of ether oxygens (including phenoxy) is 2. The molecule has 3 aromatic rings. The molecule has 1 aliphatic carbocycles. The number of aromatic nitrogens is 6. The number of anilines is 1. The quantitative estimate of drug-likeness (QED) is 0.215. The lowest BCUT2D eigenvalue weighted by Gasteiger charge is -2.26. The third-order valence-electron chi connectivity index (χ3n) is 7.49. The van der Waals surface area contributed by atoms with Crippen LogP contribution in [0.2, 0.25) is 0 Å². The first kappa shape index (κ1) is 29.5. The number of nitrogens with one attached hydrogen (secondary N) is 1. The van der Waals surface area contributed by atoms with Crippen LogP contribution in [-0.4, -0.2) is 82.9 Å². The van der Waals surface area contributed by atoms with Crippen molar-refractivity contribution < 1.29 is 45.8 Å². The maximum Gasteiger partial charge on any atom is 0.386 e. The summed E-state index contributed by atoms with van der Waals surface area (Å²) in [5, 5.41) is 0. The lowest BCUT2D eigenvalue weighted by molar-refractivity contribution is -0.0656. The molecule has 4 aliphatic rings. The van der Waals surface area contributed by atoms with Crippen molar-refractivity contribution >= 4 is 54.6 Å². The smallest absolute Gasteiger partial charge is 0.382 e. The van der Waals surface area contributed by atoms with Crippen LogP contribution in [0, 0.1) is 0 Å². The zero-order chi connectivity index (χ0) is 30.5. The average molecular weight is 684 g/mol. The van der Waals surface area contributed by atoms with Gasteiger partial charge in [-0.15, -0.1) is 0 Å². The maximum absolute atomic E-state index is 16.2. The number of rotatable bonds is 2. The Morgan fingerprint density at radius 3 is 2.72 bits per heavy atom. The lowest BCUT2D eigenvalue weighted by Crippen LogP contribution is -2.38. The Morgan fingerprint density at radius 1 is 1.16 bits per heavy atom. The second-order valence-electron chi connectivity index (χ2n) is 10.1. The van der Waals surface area contributed by atoms with Crippen molar-refractivity contribution in [1.82, 2.24) is 29.1 Å². The van der Waals surface area contributed by atoms with Gasteiger partial charge in [0.2, 0.25) is 0 Å². The predicted molar refractivity (Wildman–Crippen MR) is 146 cm³/mol. The zero-order valence-electron chi connectivity index (χ0n) is 21.3. The van der Waals surface area contributed by atoms with E-state index in [1.54, 1.807) is 0 Å². The molecule has 0 radical (unpaired) electrons. The molecule has 1 saturated carbocycles. The number of nitrogen functional groups attached to an aromatic ring is 1. The summed E-state index contributed by atoms with van der Waals surface area (Å²) in [6, 6.07) is 0.979. The molecule has 6 heterocycles. The molecule has 3 saturated heterocycles. The minimum atomic E-state index is -4.48. The first-order chi connectivity index (χ1) is 20.3. The highest BCUT2D eigenvalue weighted by Crippen LogP contribution is 2.66. The molecular weight excluding hydrogens is 662 g/mol. The minimum Gasteiger partial charge on any atom is -0.382 e. The van der Waals surface area contributed by atoms with Gasteiger partial charge in [-0.05, 0) is 11.8 Å². The van der Waals surface area contributed by atoms with Crippen LogP contribution in [0.1, 0.15) is 18.9 Å². The van der Waals surface area contributed by atoms with Crippen molar-refractivity contribution in [3.8, 4) is 0 Å². The van der Waals surface area contributed by atoms with Crippen molar-refractivity contribution in [2.24, 2.45) is 0 Å². The molecule has 4 bridgehead atoms. The highest BCUT2D eigenvalue weighted by atomic mass is 32.7. The summed E-state index contributed by atoms with van der Waals surface area (Å²) in [5.41, 5.74) is 2.70. The monoisotopic (exact) mass is 683 g/mol. The highest BCUT2D eigenvalue weighted by Gasteiger charge is 2.73. The second-order valence-corrected chi connectivity index (χ2v) is 15.8. The summed E-state index contributed by atoms with van der Waals surface area (Å²) in [6.07, 6.45) is -10.1. The van der Waals surface area contributed by atoms with Gasteiger partial charge < -0.3 is 24.6 Å². The molecule has 3 aliphatic heterocycles. The fourth-order valence-corrected chi connectivity index (χ4v) is 8.62. The molecule has 23 heteroatoms. The number of fused-ring (bicyclic) bond motifs is 4. The van der Waals surface area contributed by atoms with Crippen LogP contribution in [0.15, 0.2) is 34.5 Å². The number of thiol groups is 1. The van der Waals surface area contributed by atoms with E-state index < -0.39 is 86.2 Å². The summed E-state index contributed by atoms with van der Waals surface area (Å²) in [7, 11) is 0. The Balaban J connectivity index is 1.25. The fourth-order valence-electron chi connectivity index (χ4n) is 5.41. The van der Waals surface area contributed by atoms with Crippen LogP contribution < -0.4 is 17.0 Å². The van der Waals surface area contributed by atoms with Crippen LogP contribution in [-0.2, 0) is 43.9 Å². The molecule has 232 valence electrons. The van der Waals surface area contributed by atoms with E-state index in [0.717, 1.165) is 23.2 Å². The number of hydrogen-bond donors (Lipinski definition) is 4. The normalized spacial score (nSPS) is 42.9. The highest BCUT2D eigenvalue weighted by molar-refractivity contribution is 8.44. The van der Waals surface area contributed by atoms with Gasteiger partial charge in [-0.1, -0.05) is 12.2 Å². The molecule has 11 atom stereocenters. The molecule has 7 rings (SSSR count). The maximum atomic E-state index is 16.2. The van der Waals surface area contributed by atoms with Gasteiger partial charge in [0.25, 0.3) is 5.56 Å². The molecule has 0 amide bonds. The number of nitrogens with two attached hydrogens (primary N) is 1. The van der Waals surface area contributed by atoms with Crippen molar-refractivity contribution in [2.45, 2.75) is 61.2 Å². The minimum absolute atomic E-state index is 0.0383. The van der Waals surface area contributed by atoms with E-state index in [1.165, 1.54) is 10.9 Å². The number of nitrogens with zero attached hydrogens (tertiary/aromatic N) is 5. The number of halogens is 2. The molecular formula is C20H21F2N7O10P2S2. The van der Waals surface area contributed by atoms with Gasteiger partial charge in [-0.3, -0.25) is 32.5 Å². The second kappa shape index (κ2) is 10.2. The van der Waals surface area contributed by atoms with E-state index in [-0.39, 0.29) is 23.4 Å². The Kier molecular flexibility index (Phi) is 6.99. The third kappa shape index (κ3) is 5.00. The Bertz CT molecular complexity index is 1830. The number of alkyl halides is 2. The molecule has 0 aromatic carbocycles. The summed E-state index contributed by atoms with van der Waals surface area (Å²) in [4.78, 5) is 49.1. The molecule has 4 fully saturated rings. The number of H-pyrrole nitrogens is 1. The molecule has 43 heavy (non-hydrogen) atoms. The standard InChI is InChI=1S/C20H21F2N7O10P2S2/c21-10-7-4-34-40(32,42)39-13-14(22)20(36-18(13)29-6-26-11-15(23)24-5-25-16(11)29)3-8(20)37-41(33,43)38-12(10)17(35-7)28-2-1-9(30)27-19(28)31/h1-2,5-8,10,12-14,17-18H,3-4H2,(H,32,42)(H,33,43)(H2,23,24,25)(H,27,30,31)/t7?,8-,10+,12+,13+,14-,17+,18+,20?,40?,41?/m0/s1. The van der Waals surface area contributed by atoms with Gasteiger partial charge in [0.1, 0.15) is 41.9 Å². The van der Waals surface area contributed by atoms with Crippen LogP contribution in [0.5, 0.6) is 0 Å². The van der Waals surface area contributed by atoms with Gasteiger partial charge in [0.15, 0.2) is 36.3 Å². The van der Waals surface area contributed by atoms with Gasteiger partial charge in [0.05, 0.1) is 12.9 Å². The van der Waals surface area contributed by atoms with Crippen molar-refractivity contribution in [3.05, 3.63) is 45.8 Å². The molecule has 17 nitrogen and oxygen atoms in total. The van der Waals surface area contributed by atoms with Crippen molar-refractivity contribution in [1.29, 1.82) is 0 Å². The molecule has 1 spiro atoms. The predicted octanol–water partition coefficient (Wildman–Crippen LogP) is 0.644. The summed E-state index contributed by atoms with van der Waals surface area (Å²) >= 11 is 9.12. The van der Waals surface area contributed by atoms with E-state index in [4.69, 9.17) is 45.1 Å². The van der Waals surface area contributed by atoms with E-state index in [1.807, 2.05) is 4.98 Å². The van der Waals surface area contributed by atoms with Gasteiger partial charge in [-0.25, -0.2) is 33.1 Å². The largest absolute Gasteiger partial charge is 0.386 e. The van der Waals surface area contributed by atoms with Crippen molar-refractivity contribution in [3.63, 3.8) is 0 Å². The Labute approximate surface area is 248 Å². The van der Waals surface area contributed by atoms with E-state index in [9.17, 15) is 19.0 Å². The first-order valence-electron chi connectivity index (χ1n) is 12.5. The summed E-state index contributed by atoms with van der Waals surface area (Å²) in [6.45, 7) is -9.66. The van der Waals surface area contributed by atoms with E-state index >= 15 is 8.78 Å². The van der Waals surface area contributed by atoms with Gasteiger partial charge in [-0.2, -0.15) is 0 Å². The fraction of sp³-hybridized carbons (Fsp3) is 0.550. The molecule has 3 aromatic heterocycles. The van der Waals surface area contributed by atoms with Gasteiger partial charge in [0, 0.05) is 18.7 Å². The van der Waals surface area contributed by atoms with Crippen LogP contribution in [0.3, 0.4) is 0 Å². The zero-order valence-corrected chi connectivity index (χ0v) is 24.8. The SMILES string of the molecule is Nc1ncnc2c1ncn2[C@@H]1OC23C[C@@H]2OP(O)(=S)O[C@@H]2[C@H](F)C(COP(=O)(S)O[C@@H]1[C@@H]3F)O[C@H]2n1ccc(=O)[nH]c1=O. The van der Waals surface area contributed by atoms with E-state index in [0.29, 0.717) is 0 Å². The van der Waals surface area contributed by atoms with Crippen LogP contribution in [0.4, 0.5) is 14.6 Å². The van der Waals surface area contributed by atoms with Crippen molar-refractivity contribution in [2.75, 3.05) is 12.3 Å².